The number of hydrogen-bond acceptors (Lipinski definition) is 3. The molecule has 1 atom stereocenters. The van der Waals surface area contributed by atoms with Gasteiger partial charge in [-0.2, -0.15) is 0 Å². The highest BCUT2D eigenvalue weighted by Gasteiger charge is 2.09. The minimum atomic E-state index is 0.413. The van der Waals surface area contributed by atoms with Gasteiger partial charge in [0.15, 0.2) is 5.96 Å². The third-order valence-electron chi connectivity index (χ3n) is 4.08. The zero-order chi connectivity index (χ0) is 16.2. The summed E-state index contributed by atoms with van der Waals surface area (Å²) in [4.78, 5) is 6.89. The third-order valence-corrected chi connectivity index (χ3v) is 4.08. The van der Waals surface area contributed by atoms with Gasteiger partial charge in [-0.25, -0.2) is 0 Å². The quantitative estimate of drug-likeness (QED) is 0.369. The van der Waals surface area contributed by atoms with Gasteiger partial charge in [0.05, 0.1) is 13.2 Å². The van der Waals surface area contributed by atoms with Crippen LogP contribution in [-0.2, 0) is 4.74 Å². The molecule has 1 unspecified atom stereocenters. The molecule has 3 N–H and O–H groups in total. The van der Waals surface area contributed by atoms with Gasteiger partial charge in [-0.3, -0.25) is 9.89 Å². The van der Waals surface area contributed by atoms with E-state index in [1.54, 1.807) is 0 Å². The maximum Gasteiger partial charge on any atom is 0.188 e. The lowest BCUT2D eigenvalue weighted by Crippen LogP contribution is -2.38. The molecule has 0 aliphatic carbocycles. The van der Waals surface area contributed by atoms with E-state index in [0.29, 0.717) is 12.0 Å². The molecule has 0 aromatic rings. The number of nitrogens with two attached hydrogens (primary N) is 1. The van der Waals surface area contributed by atoms with Crippen LogP contribution in [0.2, 0.25) is 0 Å². The fourth-order valence-electron chi connectivity index (χ4n) is 2.67. The second-order valence-corrected chi connectivity index (χ2v) is 6.80. The number of morpholine rings is 1. The predicted octanol–water partition coefficient (Wildman–Crippen LogP) is 2.22. The van der Waals surface area contributed by atoms with E-state index in [1.807, 2.05) is 0 Å². The number of nitrogens with one attached hydrogen (secondary N) is 1. The zero-order valence-electron chi connectivity index (χ0n) is 14.8. The molecule has 0 saturated carbocycles. The molecule has 0 aromatic heterocycles. The van der Waals surface area contributed by atoms with Crippen LogP contribution in [0.15, 0.2) is 4.99 Å². The first-order valence-corrected chi connectivity index (χ1v) is 8.94. The maximum absolute atomic E-state index is 5.94. The molecule has 130 valence electrons. The Bertz CT molecular complexity index is 301. The van der Waals surface area contributed by atoms with Gasteiger partial charge in [0.1, 0.15) is 0 Å². The first kappa shape index (κ1) is 19.2. The van der Waals surface area contributed by atoms with Gasteiger partial charge in [0.2, 0.25) is 0 Å². The summed E-state index contributed by atoms with van der Waals surface area (Å²) >= 11 is 0. The summed E-state index contributed by atoms with van der Waals surface area (Å²) < 4.78 is 5.35. The van der Waals surface area contributed by atoms with Crippen molar-refractivity contribution in [3.8, 4) is 0 Å². The zero-order valence-corrected chi connectivity index (χ0v) is 14.8. The number of rotatable bonds is 10. The molecule has 0 aromatic carbocycles. The fourth-order valence-corrected chi connectivity index (χ4v) is 2.67. The molecule has 0 bridgehead atoms. The van der Waals surface area contributed by atoms with Crippen molar-refractivity contribution >= 4 is 5.96 Å². The van der Waals surface area contributed by atoms with E-state index in [9.17, 15) is 0 Å². The van der Waals surface area contributed by atoms with Gasteiger partial charge in [-0.15, -0.1) is 0 Å². The summed E-state index contributed by atoms with van der Waals surface area (Å²) in [5.74, 6) is 1.38. The van der Waals surface area contributed by atoms with Gasteiger partial charge in [0.25, 0.3) is 0 Å². The minimum Gasteiger partial charge on any atom is -0.379 e. The average Bonchev–Trinajstić information content (AvgIpc) is 2.47. The minimum absolute atomic E-state index is 0.413. The summed E-state index contributed by atoms with van der Waals surface area (Å²) in [5, 5.41) is 3.29. The lowest BCUT2D eigenvalue weighted by Gasteiger charge is -2.26. The molecule has 22 heavy (non-hydrogen) atoms. The Morgan fingerprint density at radius 2 is 1.86 bits per heavy atom. The Hall–Kier alpha value is -0.810. The van der Waals surface area contributed by atoms with Crippen LogP contribution in [0, 0.1) is 5.92 Å². The third kappa shape index (κ3) is 10.0. The van der Waals surface area contributed by atoms with E-state index in [0.717, 1.165) is 58.2 Å². The molecule has 1 rings (SSSR count). The van der Waals surface area contributed by atoms with Crippen molar-refractivity contribution in [2.75, 3.05) is 39.4 Å². The monoisotopic (exact) mass is 312 g/mol. The van der Waals surface area contributed by atoms with Crippen molar-refractivity contribution in [2.45, 2.75) is 58.9 Å². The van der Waals surface area contributed by atoms with Crippen LogP contribution < -0.4 is 11.1 Å². The van der Waals surface area contributed by atoms with Crippen LogP contribution >= 0.6 is 0 Å². The molecule has 1 aliphatic rings. The van der Waals surface area contributed by atoms with Crippen LogP contribution in [-0.4, -0.2) is 56.3 Å². The lowest BCUT2D eigenvalue weighted by molar-refractivity contribution is 0.0373. The van der Waals surface area contributed by atoms with Crippen LogP contribution in [0.4, 0.5) is 0 Å². The average molecular weight is 313 g/mol. The Labute approximate surface area is 136 Å². The number of guanidine groups is 1. The van der Waals surface area contributed by atoms with Gasteiger partial charge >= 0.3 is 0 Å². The standard InChI is InChI=1S/C17H36N4O/c1-15(2)7-6-8-16(3)20-17(18)19-9-4-5-10-21-11-13-22-14-12-21/h15-16H,4-14H2,1-3H3,(H3,18,19,20). The van der Waals surface area contributed by atoms with Crippen molar-refractivity contribution in [1.82, 2.24) is 10.2 Å². The molecule has 1 heterocycles. The van der Waals surface area contributed by atoms with Gasteiger partial charge < -0.3 is 15.8 Å². The molecule has 1 fully saturated rings. The number of nitrogens with zero attached hydrogens (tertiary/aromatic N) is 2. The van der Waals surface area contributed by atoms with Crippen LogP contribution in [0.5, 0.6) is 0 Å². The van der Waals surface area contributed by atoms with E-state index in [-0.39, 0.29) is 0 Å². The van der Waals surface area contributed by atoms with E-state index < -0.39 is 0 Å². The predicted molar refractivity (Wildman–Crippen MR) is 94.3 cm³/mol. The molecule has 0 spiro atoms. The van der Waals surface area contributed by atoms with Gasteiger partial charge in [-0.05, 0) is 38.6 Å². The van der Waals surface area contributed by atoms with Crippen molar-refractivity contribution in [2.24, 2.45) is 16.6 Å². The Morgan fingerprint density at radius 3 is 2.55 bits per heavy atom. The molecule has 0 amide bonds. The summed E-state index contributed by atoms with van der Waals surface area (Å²) in [5.41, 5.74) is 5.94. The summed E-state index contributed by atoms with van der Waals surface area (Å²) in [6.07, 6.45) is 5.97. The van der Waals surface area contributed by atoms with E-state index in [4.69, 9.17) is 10.5 Å². The molecular formula is C17H36N4O. The number of ether oxygens (including phenoxy) is 1. The molecule has 1 saturated heterocycles. The summed E-state index contributed by atoms with van der Waals surface area (Å²) in [6.45, 7) is 12.6. The highest BCUT2D eigenvalue weighted by molar-refractivity contribution is 5.78. The molecule has 5 nitrogen and oxygen atoms in total. The van der Waals surface area contributed by atoms with Crippen molar-refractivity contribution in [3.05, 3.63) is 0 Å². The highest BCUT2D eigenvalue weighted by Crippen LogP contribution is 2.08. The summed E-state index contributed by atoms with van der Waals surface area (Å²) in [7, 11) is 0. The Morgan fingerprint density at radius 1 is 1.14 bits per heavy atom. The van der Waals surface area contributed by atoms with E-state index >= 15 is 0 Å². The smallest absolute Gasteiger partial charge is 0.188 e. The molecule has 0 radical (unpaired) electrons. The molecular weight excluding hydrogens is 276 g/mol. The van der Waals surface area contributed by atoms with Crippen LogP contribution in [0.3, 0.4) is 0 Å². The van der Waals surface area contributed by atoms with Crippen molar-refractivity contribution in [3.63, 3.8) is 0 Å². The fraction of sp³-hybridized carbons (Fsp3) is 0.941. The normalized spacial score (nSPS) is 18.6. The SMILES string of the molecule is CC(C)CCCC(C)NC(N)=NCCCCN1CCOCC1. The van der Waals surface area contributed by atoms with Crippen LogP contribution in [0.25, 0.3) is 0 Å². The molecule has 5 heteroatoms. The van der Waals surface area contributed by atoms with Crippen molar-refractivity contribution in [1.29, 1.82) is 0 Å². The number of aliphatic imine (C=N–C) groups is 1. The van der Waals surface area contributed by atoms with E-state index in [2.05, 4.69) is 36.0 Å². The topological polar surface area (TPSA) is 62.9 Å². The Kier molecular flexibility index (Phi) is 10.2. The maximum atomic E-state index is 5.94. The highest BCUT2D eigenvalue weighted by atomic mass is 16.5. The number of unbranched alkanes of at least 4 members (excludes halogenated alkanes) is 1. The van der Waals surface area contributed by atoms with Gasteiger partial charge in [0, 0.05) is 25.7 Å². The number of hydrogen-bond donors (Lipinski definition) is 2. The lowest BCUT2D eigenvalue weighted by atomic mass is 10.0. The van der Waals surface area contributed by atoms with Crippen molar-refractivity contribution < 1.29 is 4.74 Å². The summed E-state index contributed by atoms with van der Waals surface area (Å²) in [6, 6.07) is 0.413. The van der Waals surface area contributed by atoms with E-state index in [1.165, 1.54) is 19.3 Å². The second-order valence-electron chi connectivity index (χ2n) is 6.80. The first-order chi connectivity index (χ1) is 10.6. The van der Waals surface area contributed by atoms with Crippen LogP contribution in [0.1, 0.15) is 52.9 Å². The Balaban J connectivity index is 2.01. The largest absolute Gasteiger partial charge is 0.379 e. The molecule has 1 aliphatic heterocycles. The second kappa shape index (κ2) is 11.7. The van der Waals surface area contributed by atoms with Gasteiger partial charge in [-0.1, -0.05) is 26.7 Å². The first-order valence-electron chi connectivity index (χ1n) is 8.94.